The number of carboxylic acids is 1. The van der Waals surface area contributed by atoms with E-state index in [-0.39, 0.29) is 5.56 Å². The lowest BCUT2D eigenvalue weighted by atomic mass is 9.90. The predicted octanol–water partition coefficient (Wildman–Crippen LogP) is 2.29. The Morgan fingerprint density at radius 1 is 1.35 bits per heavy atom. The largest absolute Gasteiger partial charge is 0.481 e. The first kappa shape index (κ1) is 14.4. The SMILES string of the molecule is C[C@@H]1[C@H](C(=O)O)CCCN1C(=O)c1ccc(F)cc1F. The molecule has 1 fully saturated rings. The summed E-state index contributed by atoms with van der Waals surface area (Å²) >= 11 is 0. The number of hydrogen-bond acceptors (Lipinski definition) is 2. The number of benzene rings is 1. The van der Waals surface area contributed by atoms with E-state index in [2.05, 4.69) is 0 Å². The van der Waals surface area contributed by atoms with Gasteiger partial charge in [0.05, 0.1) is 11.5 Å². The Bertz CT molecular complexity index is 547. The molecule has 1 saturated heterocycles. The van der Waals surface area contributed by atoms with Gasteiger partial charge in [-0.15, -0.1) is 0 Å². The van der Waals surface area contributed by atoms with Gasteiger partial charge in [-0.1, -0.05) is 0 Å². The maximum Gasteiger partial charge on any atom is 0.308 e. The Balaban J connectivity index is 2.26. The van der Waals surface area contributed by atoms with Crippen LogP contribution in [0.4, 0.5) is 8.78 Å². The number of carbonyl (C=O) groups is 2. The van der Waals surface area contributed by atoms with Crippen molar-refractivity contribution in [3.8, 4) is 0 Å². The fraction of sp³-hybridized carbons (Fsp3) is 0.429. The van der Waals surface area contributed by atoms with Crippen LogP contribution < -0.4 is 0 Å². The molecule has 0 aliphatic carbocycles. The van der Waals surface area contributed by atoms with Gasteiger partial charge in [-0.3, -0.25) is 9.59 Å². The van der Waals surface area contributed by atoms with Gasteiger partial charge in [0, 0.05) is 18.7 Å². The highest BCUT2D eigenvalue weighted by atomic mass is 19.1. The topological polar surface area (TPSA) is 57.6 Å². The monoisotopic (exact) mass is 283 g/mol. The number of carboxylic acid groups (broad SMARTS) is 1. The van der Waals surface area contributed by atoms with E-state index in [9.17, 15) is 18.4 Å². The maximum absolute atomic E-state index is 13.6. The Morgan fingerprint density at radius 3 is 2.65 bits per heavy atom. The molecule has 1 aliphatic heterocycles. The van der Waals surface area contributed by atoms with Gasteiger partial charge in [0.15, 0.2) is 0 Å². The van der Waals surface area contributed by atoms with E-state index < -0.39 is 35.5 Å². The van der Waals surface area contributed by atoms with E-state index in [1.807, 2.05) is 0 Å². The predicted molar refractivity (Wildman–Crippen MR) is 67.2 cm³/mol. The number of amides is 1. The van der Waals surface area contributed by atoms with Crippen LogP contribution in [0.3, 0.4) is 0 Å². The fourth-order valence-electron chi connectivity index (χ4n) is 2.58. The zero-order valence-corrected chi connectivity index (χ0v) is 11.0. The minimum Gasteiger partial charge on any atom is -0.481 e. The van der Waals surface area contributed by atoms with Crippen molar-refractivity contribution in [2.75, 3.05) is 6.54 Å². The van der Waals surface area contributed by atoms with Crippen molar-refractivity contribution in [1.82, 2.24) is 4.90 Å². The molecule has 0 aromatic heterocycles. The quantitative estimate of drug-likeness (QED) is 0.906. The van der Waals surface area contributed by atoms with Crippen LogP contribution in [0.1, 0.15) is 30.1 Å². The first-order valence-electron chi connectivity index (χ1n) is 6.40. The Labute approximate surface area is 115 Å². The van der Waals surface area contributed by atoms with Crippen molar-refractivity contribution in [2.24, 2.45) is 5.92 Å². The van der Waals surface area contributed by atoms with Crippen LogP contribution in [0, 0.1) is 17.6 Å². The van der Waals surface area contributed by atoms with Crippen molar-refractivity contribution >= 4 is 11.9 Å². The highest BCUT2D eigenvalue weighted by Gasteiger charge is 2.36. The standard InChI is InChI=1S/C14H15F2NO3/c1-8-10(14(19)20)3-2-6-17(8)13(18)11-5-4-9(15)7-12(11)16/h4-5,7-8,10H,2-3,6H2,1H3,(H,19,20)/t8-,10-/m1/s1. The van der Waals surface area contributed by atoms with Crippen LogP contribution in [0.25, 0.3) is 0 Å². The molecule has 1 aromatic rings. The second-order valence-corrected chi connectivity index (χ2v) is 4.95. The summed E-state index contributed by atoms with van der Waals surface area (Å²) in [5, 5.41) is 9.11. The van der Waals surface area contributed by atoms with E-state index in [0.717, 1.165) is 12.1 Å². The van der Waals surface area contributed by atoms with Crippen molar-refractivity contribution in [2.45, 2.75) is 25.8 Å². The number of aliphatic carboxylic acids is 1. The maximum atomic E-state index is 13.6. The zero-order chi connectivity index (χ0) is 14.9. The van der Waals surface area contributed by atoms with Gasteiger partial charge in [0.25, 0.3) is 5.91 Å². The second-order valence-electron chi connectivity index (χ2n) is 4.95. The molecule has 2 atom stereocenters. The number of carbonyl (C=O) groups excluding carboxylic acids is 1. The molecule has 1 N–H and O–H groups in total. The highest BCUT2D eigenvalue weighted by molar-refractivity contribution is 5.95. The molecule has 1 aliphatic rings. The van der Waals surface area contributed by atoms with Crippen LogP contribution >= 0.6 is 0 Å². The summed E-state index contributed by atoms with van der Waals surface area (Å²) in [6.45, 7) is 2.01. The molecule has 0 unspecified atom stereocenters. The summed E-state index contributed by atoms with van der Waals surface area (Å²) < 4.78 is 26.5. The lowest BCUT2D eigenvalue weighted by molar-refractivity contribution is -0.144. The van der Waals surface area contributed by atoms with E-state index in [4.69, 9.17) is 5.11 Å². The number of rotatable bonds is 2. The van der Waals surface area contributed by atoms with Crippen molar-refractivity contribution < 1.29 is 23.5 Å². The molecule has 1 heterocycles. The third-order valence-electron chi connectivity index (χ3n) is 3.73. The summed E-state index contributed by atoms with van der Waals surface area (Å²) in [5.74, 6) is -3.90. The van der Waals surface area contributed by atoms with Gasteiger partial charge >= 0.3 is 5.97 Å². The number of piperidine rings is 1. The van der Waals surface area contributed by atoms with Crippen molar-refractivity contribution in [3.05, 3.63) is 35.4 Å². The number of hydrogen-bond donors (Lipinski definition) is 1. The van der Waals surface area contributed by atoms with Gasteiger partial charge < -0.3 is 10.0 Å². The second kappa shape index (κ2) is 5.56. The molecule has 1 aromatic carbocycles. The summed E-state index contributed by atoms with van der Waals surface area (Å²) in [6.07, 6.45) is 1.04. The van der Waals surface area contributed by atoms with Crippen LogP contribution in [-0.2, 0) is 4.79 Å². The highest BCUT2D eigenvalue weighted by Crippen LogP contribution is 2.26. The molecule has 0 bridgehead atoms. The minimum absolute atomic E-state index is 0.232. The van der Waals surface area contributed by atoms with Gasteiger partial charge in [-0.2, -0.15) is 0 Å². The van der Waals surface area contributed by atoms with Gasteiger partial charge in [0.1, 0.15) is 11.6 Å². The fourth-order valence-corrected chi connectivity index (χ4v) is 2.58. The average molecular weight is 283 g/mol. The Hall–Kier alpha value is -1.98. The normalized spacial score (nSPS) is 22.6. The van der Waals surface area contributed by atoms with Crippen LogP contribution in [0.2, 0.25) is 0 Å². The number of likely N-dealkylation sites (tertiary alicyclic amines) is 1. The molecule has 0 spiro atoms. The first-order valence-corrected chi connectivity index (χ1v) is 6.40. The number of nitrogens with zero attached hydrogens (tertiary/aromatic N) is 1. The zero-order valence-electron chi connectivity index (χ0n) is 11.0. The molecule has 0 radical (unpaired) electrons. The molecule has 0 saturated carbocycles. The summed E-state index contributed by atoms with van der Waals surface area (Å²) in [5.41, 5.74) is -0.232. The van der Waals surface area contributed by atoms with Crippen LogP contribution in [-0.4, -0.2) is 34.5 Å². The van der Waals surface area contributed by atoms with Crippen LogP contribution in [0.5, 0.6) is 0 Å². The molecular weight excluding hydrogens is 268 g/mol. The summed E-state index contributed by atoms with van der Waals surface area (Å²) in [6, 6.07) is 2.23. The lowest BCUT2D eigenvalue weighted by Gasteiger charge is -2.37. The van der Waals surface area contributed by atoms with E-state index in [1.54, 1.807) is 6.92 Å². The summed E-state index contributed by atoms with van der Waals surface area (Å²) in [7, 11) is 0. The molecule has 108 valence electrons. The van der Waals surface area contributed by atoms with Gasteiger partial charge in [-0.05, 0) is 31.9 Å². The van der Waals surface area contributed by atoms with Gasteiger partial charge in [-0.25, -0.2) is 8.78 Å². The molecular formula is C14H15F2NO3. The van der Waals surface area contributed by atoms with Crippen molar-refractivity contribution in [1.29, 1.82) is 0 Å². The lowest BCUT2D eigenvalue weighted by Crippen LogP contribution is -2.49. The van der Waals surface area contributed by atoms with Crippen molar-refractivity contribution in [3.63, 3.8) is 0 Å². The smallest absolute Gasteiger partial charge is 0.308 e. The Morgan fingerprint density at radius 2 is 2.05 bits per heavy atom. The van der Waals surface area contributed by atoms with Crippen LogP contribution in [0.15, 0.2) is 18.2 Å². The molecule has 1 amide bonds. The van der Waals surface area contributed by atoms with Gasteiger partial charge in [0.2, 0.25) is 0 Å². The van der Waals surface area contributed by atoms with E-state index in [0.29, 0.717) is 25.5 Å². The van der Waals surface area contributed by atoms with E-state index in [1.165, 1.54) is 4.90 Å². The molecule has 6 heteroatoms. The number of halogens is 2. The summed E-state index contributed by atoms with van der Waals surface area (Å²) in [4.78, 5) is 24.7. The third-order valence-corrected chi connectivity index (χ3v) is 3.73. The Kier molecular flexibility index (Phi) is 4.01. The molecule has 2 rings (SSSR count). The third kappa shape index (κ3) is 2.64. The minimum atomic E-state index is -0.963. The first-order chi connectivity index (χ1) is 9.41. The molecule has 20 heavy (non-hydrogen) atoms. The average Bonchev–Trinajstić information content (AvgIpc) is 2.38. The van der Waals surface area contributed by atoms with E-state index >= 15 is 0 Å². The molecule has 4 nitrogen and oxygen atoms in total.